The van der Waals surface area contributed by atoms with Crippen LogP contribution in [0.4, 0.5) is 0 Å². The largest absolute Gasteiger partial charge is 0.460 e. The zero-order valence-electron chi connectivity index (χ0n) is 9.46. The van der Waals surface area contributed by atoms with Crippen molar-refractivity contribution in [2.24, 2.45) is 17.3 Å². The van der Waals surface area contributed by atoms with Crippen LogP contribution in [0.5, 0.6) is 0 Å². The fourth-order valence-electron chi connectivity index (χ4n) is 1.75. The van der Waals surface area contributed by atoms with Gasteiger partial charge in [-0.15, -0.1) is 0 Å². The van der Waals surface area contributed by atoms with Gasteiger partial charge in [0.15, 0.2) is 0 Å². The Bertz CT molecular complexity index is 260. The maximum absolute atomic E-state index is 11.6. The van der Waals surface area contributed by atoms with E-state index in [9.17, 15) is 9.59 Å². The topological polar surface area (TPSA) is 43.4 Å². The van der Waals surface area contributed by atoms with E-state index in [0.717, 1.165) is 6.29 Å². The SMILES string of the molecule is CC(C)(C)OC(=O)[C@@H]1[C@@H](C=O)C1(C)C. The molecule has 1 fully saturated rings. The minimum atomic E-state index is -0.469. The summed E-state index contributed by atoms with van der Waals surface area (Å²) in [7, 11) is 0. The van der Waals surface area contributed by atoms with Gasteiger partial charge in [0.25, 0.3) is 0 Å². The molecular formula is C11H18O3. The first-order valence-corrected chi connectivity index (χ1v) is 4.88. The third-order valence-electron chi connectivity index (χ3n) is 2.72. The molecule has 3 heteroatoms. The first-order chi connectivity index (χ1) is 6.20. The normalized spacial score (nSPS) is 29.5. The van der Waals surface area contributed by atoms with Crippen molar-refractivity contribution in [3.63, 3.8) is 0 Å². The van der Waals surface area contributed by atoms with Crippen molar-refractivity contribution < 1.29 is 14.3 Å². The van der Waals surface area contributed by atoms with Crippen LogP contribution in [0.15, 0.2) is 0 Å². The molecule has 14 heavy (non-hydrogen) atoms. The molecule has 2 atom stereocenters. The fourth-order valence-corrected chi connectivity index (χ4v) is 1.75. The van der Waals surface area contributed by atoms with Crippen molar-refractivity contribution in [2.75, 3.05) is 0 Å². The molecule has 1 saturated carbocycles. The summed E-state index contributed by atoms with van der Waals surface area (Å²) in [6.45, 7) is 9.32. The van der Waals surface area contributed by atoms with Gasteiger partial charge >= 0.3 is 5.97 Å². The summed E-state index contributed by atoms with van der Waals surface area (Å²) in [4.78, 5) is 22.3. The molecule has 0 heterocycles. The molecule has 0 aromatic heterocycles. The highest BCUT2D eigenvalue weighted by molar-refractivity contribution is 5.84. The molecule has 80 valence electrons. The Morgan fingerprint density at radius 3 is 2.14 bits per heavy atom. The minimum absolute atomic E-state index is 0.169. The molecular weight excluding hydrogens is 180 g/mol. The molecule has 0 radical (unpaired) electrons. The van der Waals surface area contributed by atoms with E-state index in [4.69, 9.17) is 4.74 Å². The first-order valence-electron chi connectivity index (χ1n) is 4.88. The van der Waals surface area contributed by atoms with Crippen molar-refractivity contribution in [3.8, 4) is 0 Å². The zero-order chi connectivity index (χ0) is 11.1. The average molecular weight is 198 g/mol. The van der Waals surface area contributed by atoms with Crippen LogP contribution >= 0.6 is 0 Å². The Labute approximate surface area is 84.8 Å². The van der Waals surface area contributed by atoms with E-state index in [-0.39, 0.29) is 23.2 Å². The highest BCUT2D eigenvalue weighted by Crippen LogP contribution is 2.57. The van der Waals surface area contributed by atoms with Crippen LogP contribution in [0.1, 0.15) is 34.6 Å². The third-order valence-corrected chi connectivity index (χ3v) is 2.72. The van der Waals surface area contributed by atoms with E-state index in [0.29, 0.717) is 0 Å². The summed E-state index contributed by atoms with van der Waals surface area (Å²) in [6, 6.07) is 0. The maximum Gasteiger partial charge on any atom is 0.310 e. The lowest BCUT2D eigenvalue weighted by atomic mass is 10.1. The van der Waals surface area contributed by atoms with Crippen molar-refractivity contribution in [3.05, 3.63) is 0 Å². The van der Waals surface area contributed by atoms with Crippen molar-refractivity contribution in [1.82, 2.24) is 0 Å². The number of carbonyl (C=O) groups excluding carboxylic acids is 2. The lowest BCUT2D eigenvalue weighted by Crippen LogP contribution is -2.26. The van der Waals surface area contributed by atoms with E-state index in [2.05, 4.69) is 0 Å². The standard InChI is InChI=1S/C11H18O3/c1-10(2,3)14-9(13)8-7(6-12)11(8,4)5/h6-8H,1-5H3/t7-,8+/m1/s1. The highest BCUT2D eigenvalue weighted by Gasteiger charge is 2.63. The number of rotatable bonds is 2. The smallest absolute Gasteiger partial charge is 0.310 e. The van der Waals surface area contributed by atoms with Crippen LogP contribution in [0.25, 0.3) is 0 Å². The molecule has 1 aliphatic carbocycles. The van der Waals surface area contributed by atoms with Crippen LogP contribution in [0.3, 0.4) is 0 Å². The summed E-state index contributed by atoms with van der Waals surface area (Å²) in [5.41, 5.74) is -0.687. The quantitative estimate of drug-likeness (QED) is 0.502. The first kappa shape index (κ1) is 11.2. The third kappa shape index (κ3) is 1.97. The van der Waals surface area contributed by atoms with Gasteiger partial charge in [0.1, 0.15) is 11.9 Å². The van der Waals surface area contributed by atoms with Gasteiger partial charge in [-0.1, -0.05) is 13.8 Å². The molecule has 0 N–H and O–H groups in total. The van der Waals surface area contributed by atoms with Gasteiger partial charge in [-0.05, 0) is 26.2 Å². The second-order valence-electron chi connectivity index (χ2n) is 5.49. The molecule has 1 aliphatic rings. The summed E-state index contributed by atoms with van der Waals surface area (Å²) in [5.74, 6) is -0.670. The Morgan fingerprint density at radius 2 is 1.86 bits per heavy atom. The van der Waals surface area contributed by atoms with Gasteiger partial charge < -0.3 is 9.53 Å². The van der Waals surface area contributed by atoms with Crippen LogP contribution < -0.4 is 0 Å². The summed E-state index contributed by atoms with van der Waals surface area (Å²) in [6.07, 6.45) is 0.856. The van der Waals surface area contributed by atoms with Gasteiger partial charge in [0.2, 0.25) is 0 Å². The fraction of sp³-hybridized carbons (Fsp3) is 0.818. The molecule has 0 unspecified atom stereocenters. The van der Waals surface area contributed by atoms with E-state index in [1.54, 1.807) is 0 Å². The van der Waals surface area contributed by atoms with Crippen LogP contribution in [0, 0.1) is 17.3 Å². The zero-order valence-corrected chi connectivity index (χ0v) is 9.46. The average Bonchev–Trinajstić information content (AvgIpc) is 2.48. The van der Waals surface area contributed by atoms with Crippen molar-refractivity contribution in [2.45, 2.75) is 40.2 Å². The number of esters is 1. The Morgan fingerprint density at radius 1 is 1.36 bits per heavy atom. The molecule has 0 bridgehead atoms. The molecule has 3 nitrogen and oxygen atoms in total. The van der Waals surface area contributed by atoms with Gasteiger partial charge in [-0.25, -0.2) is 0 Å². The Hall–Kier alpha value is -0.860. The van der Waals surface area contributed by atoms with Crippen LogP contribution in [-0.4, -0.2) is 17.9 Å². The van der Waals surface area contributed by atoms with Crippen molar-refractivity contribution in [1.29, 1.82) is 0 Å². The van der Waals surface area contributed by atoms with E-state index >= 15 is 0 Å². The number of hydrogen-bond acceptors (Lipinski definition) is 3. The molecule has 0 aromatic rings. The second-order valence-corrected chi connectivity index (χ2v) is 5.49. The predicted octanol–water partition coefficient (Wildman–Crippen LogP) is 1.80. The predicted molar refractivity (Wildman–Crippen MR) is 52.7 cm³/mol. The van der Waals surface area contributed by atoms with Gasteiger partial charge in [0.05, 0.1) is 5.92 Å². The number of hydrogen-bond donors (Lipinski definition) is 0. The molecule has 1 rings (SSSR count). The molecule has 0 aliphatic heterocycles. The monoisotopic (exact) mass is 198 g/mol. The summed E-state index contributed by atoms with van der Waals surface area (Å²) in [5, 5.41) is 0. The van der Waals surface area contributed by atoms with Crippen LogP contribution in [0.2, 0.25) is 0 Å². The number of carbonyl (C=O) groups is 2. The molecule has 0 saturated heterocycles. The Kier molecular flexibility index (Phi) is 2.46. The molecule has 0 spiro atoms. The number of ether oxygens (including phenoxy) is 1. The van der Waals surface area contributed by atoms with E-state index < -0.39 is 5.60 Å². The highest BCUT2D eigenvalue weighted by atomic mass is 16.6. The summed E-state index contributed by atoms with van der Waals surface area (Å²) >= 11 is 0. The van der Waals surface area contributed by atoms with E-state index in [1.165, 1.54) is 0 Å². The van der Waals surface area contributed by atoms with E-state index in [1.807, 2.05) is 34.6 Å². The summed E-state index contributed by atoms with van der Waals surface area (Å²) < 4.78 is 5.23. The Balaban J connectivity index is 2.62. The minimum Gasteiger partial charge on any atom is -0.460 e. The van der Waals surface area contributed by atoms with Gasteiger partial charge in [0, 0.05) is 5.92 Å². The van der Waals surface area contributed by atoms with Gasteiger partial charge in [-0.3, -0.25) is 4.79 Å². The van der Waals surface area contributed by atoms with Crippen LogP contribution in [-0.2, 0) is 14.3 Å². The van der Waals surface area contributed by atoms with Gasteiger partial charge in [-0.2, -0.15) is 0 Å². The maximum atomic E-state index is 11.6. The van der Waals surface area contributed by atoms with Crippen molar-refractivity contribution >= 4 is 12.3 Å². The molecule has 0 amide bonds. The second kappa shape index (κ2) is 3.07. The number of aldehydes is 1. The molecule has 0 aromatic carbocycles. The lowest BCUT2D eigenvalue weighted by Gasteiger charge is -2.19. The lowest BCUT2D eigenvalue weighted by molar-refractivity contribution is -0.157.